The van der Waals surface area contributed by atoms with Crippen molar-refractivity contribution >= 4 is 11.6 Å². The lowest BCUT2D eigenvalue weighted by atomic mass is 9.78. The molecule has 2 atom stereocenters. The van der Waals surface area contributed by atoms with Crippen LogP contribution in [0.1, 0.15) is 65.0 Å². The van der Waals surface area contributed by atoms with E-state index >= 15 is 0 Å². The molecule has 1 aromatic rings. The first-order valence-electron chi connectivity index (χ1n) is 9.56. The summed E-state index contributed by atoms with van der Waals surface area (Å²) in [4.78, 5) is 17.5. The van der Waals surface area contributed by atoms with Crippen molar-refractivity contribution in [3.63, 3.8) is 0 Å². The highest BCUT2D eigenvalue weighted by Gasteiger charge is 2.42. The largest absolute Gasteiger partial charge is 0.478 e. The van der Waals surface area contributed by atoms with Crippen molar-refractivity contribution in [3.8, 4) is 5.88 Å². The fraction of sp³-hybridized carbons (Fsp3) is 0.700. The average Bonchev–Trinajstić information content (AvgIpc) is 2.60. The minimum atomic E-state index is -0.711. The van der Waals surface area contributed by atoms with E-state index in [1.165, 1.54) is 0 Å². The number of aryl methyl sites for hydroxylation is 1. The highest BCUT2D eigenvalue weighted by atomic mass is 16.5. The van der Waals surface area contributed by atoms with E-state index in [1.807, 2.05) is 13.0 Å². The van der Waals surface area contributed by atoms with E-state index in [-0.39, 0.29) is 5.91 Å². The summed E-state index contributed by atoms with van der Waals surface area (Å²) < 4.78 is 11.6. The Labute approximate surface area is 151 Å². The van der Waals surface area contributed by atoms with Crippen molar-refractivity contribution in [3.05, 3.63) is 17.8 Å². The predicted molar refractivity (Wildman–Crippen MR) is 100.0 cm³/mol. The van der Waals surface area contributed by atoms with Gasteiger partial charge in [-0.25, -0.2) is 4.98 Å². The Morgan fingerprint density at radius 3 is 2.72 bits per heavy atom. The van der Waals surface area contributed by atoms with Crippen molar-refractivity contribution in [1.82, 2.24) is 4.98 Å². The number of aromatic nitrogens is 1. The second-order valence-corrected chi connectivity index (χ2v) is 7.13. The van der Waals surface area contributed by atoms with Gasteiger partial charge in [-0.1, -0.05) is 27.2 Å². The van der Waals surface area contributed by atoms with E-state index < -0.39 is 5.60 Å². The zero-order valence-corrected chi connectivity index (χ0v) is 16.1. The molecular formula is C20H32N2O3. The number of rotatable bonds is 8. The number of hydrogen-bond acceptors (Lipinski definition) is 4. The summed E-state index contributed by atoms with van der Waals surface area (Å²) in [5.74, 6) is 1.06. The molecule has 0 spiro atoms. The van der Waals surface area contributed by atoms with Crippen molar-refractivity contribution in [2.75, 3.05) is 18.5 Å². The van der Waals surface area contributed by atoms with Crippen molar-refractivity contribution in [2.45, 2.75) is 71.8 Å². The van der Waals surface area contributed by atoms with E-state index in [4.69, 9.17) is 9.47 Å². The molecule has 140 valence electrons. The van der Waals surface area contributed by atoms with Gasteiger partial charge in [-0.15, -0.1) is 0 Å². The van der Waals surface area contributed by atoms with E-state index in [0.717, 1.165) is 49.9 Å². The SMILES string of the molecule is CCCOc1ccc(NC(=O)[C@@]2(OCCC)CCC[C@@H](C)C2)c(C)n1. The molecule has 25 heavy (non-hydrogen) atoms. The van der Waals surface area contributed by atoms with Gasteiger partial charge in [-0.05, 0) is 51.0 Å². The Hall–Kier alpha value is -1.62. The van der Waals surface area contributed by atoms with Gasteiger partial charge in [0.25, 0.3) is 5.91 Å². The molecule has 5 nitrogen and oxygen atoms in total. The van der Waals surface area contributed by atoms with Crippen LogP contribution in [0.4, 0.5) is 5.69 Å². The number of carbonyl (C=O) groups excluding carboxylic acids is 1. The molecule has 5 heteroatoms. The molecule has 0 aromatic carbocycles. The van der Waals surface area contributed by atoms with Gasteiger partial charge in [0.15, 0.2) is 0 Å². The molecule has 0 bridgehead atoms. The number of ether oxygens (including phenoxy) is 2. The molecule has 1 saturated carbocycles. The van der Waals surface area contributed by atoms with Crippen LogP contribution in [-0.4, -0.2) is 29.7 Å². The second-order valence-electron chi connectivity index (χ2n) is 7.13. The standard InChI is InChI=1S/C20H32N2O3/c1-5-12-24-18-10-9-17(16(4)21-18)22-19(23)20(25-13-6-2)11-7-8-15(3)14-20/h9-10,15H,5-8,11-14H2,1-4H3,(H,22,23)/t15-,20-/m1/s1. The molecule has 1 aliphatic carbocycles. The first-order chi connectivity index (χ1) is 12.0. The number of amides is 1. The van der Waals surface area contributed by atoms with Crippen LogP contribution >= 0.6 is 0 Å². The van der Waals surface area contributed by atoms with Gasteiger partial charge in [0.1, 0.15) is 5.60 Å². The summed E-state index contributed by atoms with van der Waals surface area (Å²) in [5, 5.41) is 3.05. The molecule has 0 unspecified atom stereocenters. The summed E-state index contributed by atoms with van der Waals surface area (Å²) >= 11 is 0. The van der Waals surface area contributed by atoms with Crippen LogP contribution in [0.2, 0.25) is 0 Å². The van der Waals surface area contributed by atoms with Crippen LogP contribution in [0.15, 0.2) is 12.1 Å². The van der Waals surface area contributed by atoms with Crippen LogP contribution in [0, 0.1) is 12.8 Å². The average molecular weight is 348 g/mol. The quantitative estimate of drug-likeness (QED) is 0.752. The molecule has 1 heterocycles. The second kappa shape index (κ2) is 9.18. The van der Waals surface area contributed by atoms with Gasteiger partial charge in [0.05, 0.1) is 18.0 Å². The number of nitrogens with zero attached hydrogens (tertiary/aromatic N) is 1. The van der Waals surface area contributed by atoms with Gasteiger partial charge >= 0.3 is 0 Å². The zero-order chi connectivity index (χ0) is 18.3. The Balaban J connectivity index is 2.12. The highest BCUT2D eigenvalue weighted by molar-refractivity contribution is 5.97. The third kappa shape index (κ3) is 5.18. The van der Waals surface area contributed by atoms with Gasteiger partial charge in [-0.2, -0.15) is 0 Å². The van der Waals surface area contributed by atoms with Crippen LogP contribution in [0.25, 0.3) is 0 Å². The molecule has 0 radical (unpaired) electrons. The van der Waals surface area contributed by atoms with Gasteiger partial charge in [-0.3, -0.25) is 4.79 Å². The molecule has 1 N–H and O–H groups in total. The molecule has 2 rings (SSSR count). The topological polar surface area (TPSA) is 60.5 Å². The summed E-state index contributed by atoms with van der Waals surface area (Å²) in [6.45, 7) is 9.47. The van der Waals surface area contributed by atoms with Crippen LogP contribution in [0.3, 0.4) is 0 Å². The molecule has 0 aliphatic heterocycles. The molecule has 1 aromatic heterocycles. The fourth-order valence-corrected chi connectivity index (χ4v) is 3.40. The maximum Gasteiger partial charge on any atom is 0.256 e. The first-order valence-corrected chi connectivity index (χ1v) is 9.56. The normalized spacial score (nSPS) is 23.3. The minimum Gasteiger partial charge on any atom is -0.478 e. The van der Waals surface area contributed by atoms with Crippen LogP contribution in [-0.2, 0) is 9.53 Å². The predicted octanol–water partition coefficient (Wildman–Crippen LogP) is 4.49. The van der Waals surface area contributed by atoms with Crippen molar-refractivity contribution in [2.24, 2.45) is 5.92 Å². The van der Waals surface area contributed by atoms with E-state index in [2.05, 4.69) is 31.1 Å². The Kier molecular flexibility index (Phi) is 7.24. The lowest BCUT2D eigenvalue weighted by Crippen LogP contribution is -2.49. The monoisotopic (exact) mass is 348 g/mol. The van der Waals surface area contributed by atoms with Crippen molar-refractivity contribution in [1.29, 1.82) is 0 Å². The number of anilines is 1. The molecule has 1 fully saturated rings. The smallest absolute Gasteiger partial charge is 0.256 e. The highest BCUT2D eigenvalue weighted by Crippen LogP contribution is 2.36. The number of nitrogens with one attached hydrogen (secondary N) is 1. The number of hydrogen-bond donors (Lipinski definition) is 1. The maximum atomic E-state index is 13.1. The van der Waals surface area contributed by atoms with E-state index in [0.29, 0.717) is 25.0 Å². The molecule has 1 amide bonds. The molecule has 0 saturated heterocycles. The third-order valence-corrected chi connectivity index (χ3v) is 4.71. The Morgan fingerprint density at radius 1 is 1.32 bits per heavy atom. The number of carbonyl (C=O) groups is 1. The van der Waals surface area contributed by atoms with Gasteiger partial charge in [0, 0.05) is 12.7 Å². The van der Waals surface area contributed by atoms with E-state index in [9.17, 15) is 4.79 Å². The van der Waals surface area contributed by atoms with Gasteiger partial charge < -0.3 is 14.8 Å². The van der Waals surface area contributed by atoms with Crippen molar-refractivity contribution < 1.29 is 14.3 Å². The summed E-state index contributed by atoms with van der Waals surface area (Å²) in [6.07, 6.45) is 5.60. The summed E-state index contributed by atoms with van der Waals surface area (Å²) in [7, 11) is 0. The van der Waals surface area contributed by atoms with E-state index in [1.54, 1.807) is 6.07 Å². The molecule has 1 aliphatic rings. The number of pyridine rings is 1. The summed E-state index contributed by atoms with van der Waals surface area (Å²) in [5.41, 5.74) is 0.778. The molecular weight excluding hydrogens is 316 g/mol. The lowest BCUT2D eigenvalue weighted by Gasteiger charge is -2.38. The lowest BCUT2D eigenvalue weighted by molar-refractivity contribution is -0.148. The van der Waals surface area contributed by atoms with Crippen LogP contribution in [0.5, 0.6) is 5.88 Å². The minimum absolute atomic E-state index is 0.0420. The Morgan fingerprint density at radius 2 is 2.08 bits per heavy atom. The summed E-state index contributed by atoms with van der Waals surface area (Å²) in [6, 6.07) is 3.67. The third-order valence-electron chi connectivity index (χ3n) is 4.71. The zero-order valence-electron chi connectivity index (χ0n) is 16.1. The maximum absolute atomic E-state index is 13.1. The first kappa shape index (κ1) is 19.7. The fourth-order valence-electron chi connectivity index (χ4n) is 3.40. The van der Waals surface area contributed by atoms with Crippen LogP contribution < -0.4 is 10.1 Å². The Bertz CT molecular complexity index is 576. The van der Waals surface area contributed by atoms with Gasteiger partial charge in [0.2, 0.25) is 5.88 Å².